The number of aromatic nitrogens is 5. The van der Waals surface area contributed by atoms with E-state index in [-0.39, 0.29) is 48.7 Å². The van der Waals surface area contributed by atoms with Crippen LogP contribution in [0.5, 0.6) is 0 Å². The van der Waals surface area contributed by atoms with Crippen molar-refractivity contribution in [3.63, 3.8) is 0 Å². The van der Waals surface area contributed by atoms with Gasteiger partial charge in [0.1, 0.15) is 46.6 Å². The molecule has 0 spiro atoms. The molecule has 1 amide bonds. The fourth-order valence-corrected chi connectivity index (χ4v) is 11.5. The van der Waals surface area contributed by atoms with Gasteiger partial charge in [0.15, 0.2) is 15.7 Å². The molecule has 3 aliphatic rings. The summed E-state index contributed by atoms with van der Waals surface area (Å²) in [5.41, 5.74) is -6.13. The minimum Gasteiger partial charge on any atom is -0.346 e. The Hall–Kier alpha value is -5.41. The van der Waals surface area contributed by atoms with Crippen LogP contribution < -0.4 is 10.0 Å². The van der Waals surface area contributed by atoms with Crippen LogP contribution in [0.25, 0.3) is 22.0 Å². The van der Waals surface area contributed by atoms with Gasteiger partial charge < -0.3 is 5.32 Å². The highest BCUT2D eigenvalue weighted by Crippen LogP contribution is 2.52. The summed E-state index contributed by atoms with van der Waals surface area (Å²) in [4.78, 5) is 18.7. The summed E-state index contributed by atoms with van der Waals surface area (Å²) < 4.78 is 201. The van der Waals surface area contributed by atoms with Crippen LogP contribution in [0.1, 0.15) is 98.7 Å². The van der Waals surface area contributed by atoms with E-state index < -0.39 is 139 Å². The van der Waals surface area contributed by atoms with E-state index >= 15 is 17.6 Å². The maximum atomic E-state index is 15.4. The number of benzene rings is 2. The van der Waals surface area contributed by atoms with E-state index in [4.69, 9.17) is 11.6 Å². The van der Waals surface area contributed by atoms with Crippen LogP contribution in [-0.4, -0.2) is 69.0 Å². The highest BCUT2D eigenvalue weighted by atomic mass is 35.5. The Morgan fingerprint density at radius 2 is 1.50 bits per heavy atom. The lowest BCUT2D eigenvalue weighted by Gasteiger charge is -2.29. The Bertz CT molecular complexity index is 3130. The Kier molecular flexibility index (Phi) is 12.6. The van der Waals surface area contributed by atoms with Crippen LogP contribution in [0.3, 0.4) is 0 Å². The van der Waals surface area contributed by atoms with Crippen LogP contribution in [0, 0.1) is 23.5 Å². The number of carbonyl (C=O) groups excluding carboxylic acids is 1. The van der Waals surface area contributed by atoms with Crippen molar-refractivity contribution < 1.29 is 65.5 Å². The molecular weight excluding hydrogens is 984 g/mol. The maximum absolute atomic E-state index is 15.4. The zero-order valence-electron chi connectivity index (χ0n) is 35.5. The molecule has 8 rings (SSSR count). The maximum Gasteiger partial charge on any atom is 0.290 e. The second-order valence-electron chi connectivity index (χ2n) is 17.3. The number of sulfonamides is 1. The second-order valence-corrected chi connectivity index (χ2v) is 22.4. The molecule has 68 heavy (non-hydrogen) atoms. The minimum atomic E-state index is -4.19. The number of fused-ring (bicyclic) bond motifs is 2. The predicted octanol–water partition coefficient (Wildman–Crippen LogP) is 9.12. The fraction of sp³-hybridized carbons (Fsp3) is 0.442. The van der Waals surface area contributed by atoms with Gasteiger partial charge in [0.25, 0.3) is 24.7 Å². The van der Waals surface area contributed by atoms with Gasteiger partial charge in [0.05, 0.1) is 43.7 Å². The van der Waals surface area contributed by atoms with Gasteiger partial charge in [-0.2, -0.15) is 19.0 Å². The van der Waals surface area contributed by atoms with Gasteiger partial charge in [0, 0.05) is 30.0 Å². The van der Waals surface area contributed by atoms with E-state index in [0.717, 1.165) is 16.8 Å². The normalized spacial score (nSPS) is 17.5. The number of carbonyl (C=O) groups is 1. The molecule has 2 N–H and O–H groups in total. The summed E-state index contributed by atoms with van der Waals surface area (Å²) in [5, 5.41) is 8.14. The molecule has 0 bridgehead atoms. The third kappa shape index (κ3) is 9.61. The van der Waals surface area contributed by atoms with Crippen molar-refractivity contribution >= 4 is 54.1 Å². The smallest absolute Gasteiger partial charge is 0.290 e. The van der Waals surface area contributed by atoms with Crippen LogP contribution in [0.2, 0.25) is 5.02 Å². The third-order valence-electron chi connectivity index (χ3n) is 11.7. The van der Waals surface area contributed by atoms with Crippen molar-refractivity contribution in [3.05, 3.63) is 93.0 Å². The Morgan fingerprint density at radius 3 is 2.12 bits per heavy atom. The first-order valence-electron chi connectivity index (χ1n) is 20.9. The minimum absolute atomic E-state index is 0.0205. The topological polar surface area (TPSA) is 158 Å². The number of hydrogen-bond acceptors (Lipinski definition) is 8. The Balaban J connectivity index is 1.33. The monoisotopic (exact) mass is 1020 g/mol. The number of hydrogen-bond donors (Lipinski definition) is 2. The van der Waals surface area contributed by atoms with Gasteiger partial charge in [-0.15, -0.1) is 0 Å². The van der Waals surface area contributed by atoms with Crippen molar-refractivity contribution in [3.8, 4) is 23.0 Å². The zero-order valence-corrected chi connectivity index (χ0v) is 37.9. The fourth-order valence-electron chi connectivity index (χ4n) is 8.14. The molecule has 0 saturated heterocycles. The SMILES string of the molecule is CC(C)(C#Cc1ccc(-c2ccc(Cl)c3c(NS(=O)(=O)C4CC4)nn(CC(F)F)c23)c([C@H](Cc2cc(F)cc(F)c2)NC(=O)Cn2nc(C(F)F)c3c2C(F)(F)CCC3(F)F)n1)S(=O)(=O)C1CC1. The first-order chi connectivity index (χ1) is 31.7. The molecule has 0 aliphatic heterocycles. The average molecular weight is 1020 g/mol. The molecule has 12 nitrogen and oxygen atoms in total. The van der Waals surface area contributed by atoms with E-state index in [2.05, 4.69) is 37.1 Å². The predicted molar refractivity (Wildman–Crippen MR) is 228 cm³/mol. The molecule has 2 fully saturated rings. The quantitative estimate of drug-likeness (QED) is 0.0777. The summed E-state index contributed by atoms with van der Waals surface area (Å²) >= 11 is 6.62. The van der Waals surface area contributed by atoms with Crippen LogP contribution in [0.4, 0.5) is 49.7 Å². The lowest BCUT2D eigenvalue weighted by molar-refractivity contribution is -0.123. The molecule has 25 heteroatoms. The average Bonchev–Trinajstić information content (AvgIpc) is 4.17. The number of pyridine rings is 1. The second kappa shape index (κ2) is 17.5. The van der Waals surface area contributed by atoms with Crippen molar-refractivity contribution in [1.29, 1.82) is 0 Å². The summed E-state index contributed by atoms with van der Waals surface area (Å²) in [6.45, 7) is 0.197. The lowest BCUT2D eigenvalue weighted by Crippen LogP contribution is -2.37. The molecule has 3 aromatic heterocycles. The number of rotatable bonds is 15. The van der Waals surface area contributed by atoms with Crippen LogP contribution in [0.15, 0.2) is 42.5 Å². The lowest BCUT2D eigenvalue weighted by atomic mass is 9.89. The van der Waals surface area contributed by atoms with Crippen molar-refractivity contribution in [1.82, 2.24) is 29.9 Å². The number of sulfone groups is 1. The van der Waals surface area contributed by atoms with Gasteiger partial charge in [-0.3, -0.25) is 18.9 Å². The largest absolute Gasteiger partial charge is 0.346 e. The number of anilines is 1. The molecule has 364 valence electrons. The standard InChI is InChI=1S/C43H38ClF10N7O5S2/c1-41(2,67(63,64)25-4-5-25)12-11-24-3-8-27(28-9-10-29(44)33-37(28)60(19-31(47)48)58-40(33)59-68(65,66)26-6-7-26)35(55-24)30(17-21-15-22(45)18-23(46)16-21)56-32(62)20-61-38-34(36(57-61)39(49)50)42(51,52)13-14-43(38,53)54/h3,8-10,15-16,18,25-26,30-31,39H,4-7,13-14,17,19-20H2,1-2H3,(H,56,62)(H,58,59)/t30-/m0/s1. The van der Waals surface area contributed by atoms with E-state index in [1.807, 2.05) is 0 Å². The van der Waals surface area contributed by atoms with Crippen molar-refractivity contribution in [2.75, 3.05) is 4.72 Å². The van der Waals surface area contributed by atoms with Gasteiger partial charge in [-0.25, -0.2) is 56.9 Å². The first kappa shape index (κ1) is 49.0. The number of alkyl halides is 8. The van der Waals surface area contributed by atoms with E-state index in [0.29, 0.717) is 31.7 Å². The third-order valence-corrected chi connectivity index (χ3v) is 16.7. The van der Waals surface area contributed by atoms with Gasteiger partial charge >= 0.3 is 0 Å². The van der Waals surface area contributed by atoms with Crippen LogP contribution >= 0.6 is 11.6 Å². The highest BCUT2D eigenvalue weighted by Gasteiger charge is 2.55. The molecule has 3 aliphatic carbocycles. The molecule has 2 aromatic carbocycles. The molecular formula is C43H38ClF10N7O5S2. The molecule has 0 radical (unpaired) electrons. The van der Waals surface area contributed by atoms with E-state index in [1.165, 1.54) is 38.1 Å². The first-order valence-corrected chi connectivity index (χ1v) is 24.3. The highest BCUT2D eigenvalue weighted by molar-refractivity contribution is 7.94. The summed E-state index contributed by atoms with van der Waals surface area (Å²) in [6.07, 6.45) is -9.04. The Morgan fingerprint density at radius 1 is 0.868 bits per heavy atom. The number of nitrogens with one attached hydrogen (secondary N) is 2. The zero-order chi connectivity index (χ0) is 49.5. The van der Waals surface area contributed by atoms with Gasteiger partial charge in [-0.1, -0.05) is 23.6 Å². The van der Waals surface area contributed by atoms with Crippen molar-refractivity contribution in [2.45, 2.75) is 118 Å². The summed E-state index contributed by atoms with van der Waals surface area (Å²) in [7, 11) is -7.90. The summed E-state index contributed by atoms with van der Waals surface area (Å²) in [5.74, 6) is -6.95. The number of nitrogens with zero attached hydrogens (tertiary/aromatic N) is 5. The molecule has 3 heterocycles. The molecule has 5 aromatic rings. The van der Waals surface area contributed by atoms with E-state index in [9.17, 15) is 48.0 Å². The number of amides is 1. The molecule has 1 atom stereocenters. The van der Waals surface area contributed by atoms with Gasteiger partial charge in [0.2, 0.25) is 15.9 Å². The Labute approximate surface area is 386 Å². The number of halogens is 11. The van der Waals surface area contributed by atoms with Crippen LogP contribution in [-0.2, 0) is 56.0 Å². The van der Waals surface area contributed by atoms with Gasteiger partial charge in [-0.05, 0) is 87.8 Å². The summed E-state index contributed by atoms with van der Waals surface area (Å²) in [6, 6.07) is 5.68. The van der Waals surface area contributed by atoms with E-state index in [1.54, 1.807) is 0 Å². The van der Waals surface area contributed by atoms with Crippen molar-refractivity contribution in [2.24, 2.45) is 0 Å². The molecule has 0 unspecified atom stereocenters. The molecule has 2 saturated carbocycles.